The van der Waals surface area contributed by atoms with Crippen molar-refractivity contribution >= 4 is 27.4 Å². The Hall–Kier alpha value is -3.57. The van der Waals surface area contributed by atoms with Gasteiger partial charge in [0.25, 0.3) is 11.6 Å². The van der Waals surface area contributed by atoms with Crippen molar-refractivity contribution in [2.45, 2.75) is 24.7 Å². The van der Waals surface area contributed by atoms with E-state index in [9.17, 15) is 23.3 Å². The fourth-order valence-electron chi connectivity index (χ4n) is 3.55. The first-order valence-electron chi connectivity index (χ1n) is 9.99. The molecule has 1 amide bonds. The van der Waals surface area contributed by atoms with Crippen LogP contribution in [0.15, 0.2) is 59.5 Å². The van der Waals surface area contributed by atoms with E-state index in [4.69, 9.17) is 0 Å². The van der Waals surface area contributed by atoms with E-state index in [2.05, 4.69) is 10.4 Å². The number of anilines is 1. The molecule has 4 rings (SSSR count). The van der Waals surface area contributed by atoms with Crippen LogP contribution in [0.5, 0.6) is 0 Å². The monoisotopic (exact) mass is 455 g/mol. The molecule has 3 aromatic rings. The van der Waals surface area contributed by atoms with Gasteiger partial charge in [-0.05, 0) is 56.2 Å². The van der Waals surface area contributed by atoms with Gasteiger partial charge < -0.3 is 5.32 Å². The van der Waals surface area contributed by atoms with Gasteiger partial charge in [0.05, 0.1) is 21.2 Å². The van der Waals surface area contributed by atoms with Crippen molar-refractivity contribution in [1.29, 1.82) is 0 Å². The molecule has 0 radical (unpaired) electrons. The smallest absolute Gasteiger partial charge is 0.269 e. The number of rotatable bonds is 6. The molecular formula is C21H21N5O5S. The molecule has 0 atom stereocenters. The first-order chi connectivity index (χ1) is 15.3. The highest BCUT2D eigenvalue weighted by atomic mass is 32.2. The number of amides is 1. The van der Waals surface area contributed by atoms with Crippen LogP contribution in [0.1, 0.15) is 28.9 Å². The van der Waals surface area contributed by atoms with Gasteiger partial charge in [0, 0.05) is 36.9 Å². The van der Waals surface area contributed by atoms with Gasteiger partial charge in [-0.15, -0.1) is 0 Å². The Balaban J connectivity index is 1.54. The number of aromatic nitrogens is 2. The van der Waals surface area contributed by atoms with Crippen LogP contribution in [0.4, 0.5) is 11.5 Å². The molecule has 2 aromatic carbocycles. The number of nitrogens with one attached hydrogen (secondary N) is 1. The van der Waals surface area contributed by atoms with E-state index in [1.165, 1.54) is 57.5 Å². The number of carbonyl (C=O) groups excluding carboxylic acids is 1. The van der Waals surface area contributed by atoms with Gasteiger partial charge in [0.15, 0.2) is 0 Å². The number of nitro groups is 1. The van der Waals surface area contributed by atoms with E-state index in [1.807, 2.05) is 0 Å². The Kier molecular flexibility index (Phi) is 5.76. The van der Waals surface area contributed by atoms with Crippen molar-refractivity contribution in [2.24, 2.45) is 0 Å². The summed E-state index contributed by atoms with van der Waals surface area (Å²) in [5.41, 5.74) is 1.43. The summed E-state index contributed by atoms with van der Waals surface area (Å²) < 4.78 is 28.2. The van der Waals surface area contributed by atoms with Crippen molar-refractivity contribution in [3.8, 4) is 5.69 Å². The number of hydrogen-bond donors (Lipinski definition) is 1. The van der Waals surface area contributed by atoms with Gasteiger partial charge in [0.2, 0.25) is 10.0 Å². The largest absolute Gasteiger partial charge is 0.306 e. The molecule has 1 aliphatic heterocycles. The molecule has 2 heterocycles. The second-order valence-electron chi connectivity index (χ2n) is 7.45. The van der Waals surface area contributed by atoms with Crippen LogP contribution < -0.4 is 5.32 Å². The van der Waals surface area contributed by atoms with E-state index >= 15 is 0 Å². The van der Waals surface area contributed by atoms with E-state index in [0.717, 1.165) is 12.8 Å². The van der Waals surface area contributed by atoms with E-state index in [0.29, 0.717) is 35.9 Å². The number of sulfonamides is 1. The van der Waals surface area contributed by atoms with Crippen LogP contribution in [-0.4, -0.2) is 46.4 Å². The fourth-order valence-corrected chi connectivity index (χ4v) is 5.06. The van der Waals surface area contributed by atoms with Crippen LogP contribution in [0.3, 0.4) is 0 Å². The first-order valence-corrected chi connectivity index (χ1v) is 11.4. The highest BCUT2D eigenvalue weighted by molar-refractivity contribution is 7.89. The average Bonchev–Trinajstić information content (AvgIpc) is 3.44. The third-order valence-electron chi connectivity index (χ3n) is 5.20. The molecular weight excluding hydrogens is 434 g/mol. The predicted molar refractivity (Wildman–Crippen MR) is 117 cm³/mol. The number of nitrogens with zero attached hydrogens (tertiary/aromatic N) is 4. The number of nitro benzene ring substituents is 1. The van der Waals surface area contributed by atoms with Crippen molar-refractivity contribution < 1.29 is 18.1 Å². The van der Waals surface area contributed by atoms with Crippen molar-refractivity contribution in [3.05, 3.63) is 76.0 Å². The summed E-state index contributed by atoms with van der Waals surface area (Å²) >= 11 is 0. The molecule has 1 aromatic heterocycles. The summed E-state index contributed by atoms with van der Waals surface area (Å²) in [5.74, 6) is -0.0479. The minimum Gasteiger partial charge on any atom is -0.306 e. The molecule has 1 fully saturated rings. The normalized spacial score (nSPS) is 14.4. The standard InChI is InChI=1S/C21H21N5O5S/c1-15-14-20(25(23-15)17-6-8-18(9-7-17)26(28)29)22-21(27)16-4-10-19(11-5-16)32(30,31)24-12-2-3-13-24/h4-11,14H,2-3,12-13H2,1H3,(H,22,27). The lowest BCUT2D eigenvalue weighted by Crippen LogP contribution is -2.27. The molecule has 0 aliphatic carbocycles. The predicted octanol–water partition coefficient (Wildman–Crippen LogP) is 3.13. The lowest BCUT2D eigenvalue weighted by molar-refractivity contribution is -0.384. The van der Waals surface area contributed by atoms with Crippen LogP contribution >= 0.6 is 0 Å². The molecule has 0 unspecified atom stereocenters. The molecule has 11 heteroatoms. The van der Waals surface area contributed by atoms with Crippen LogP contribution in [0.25, 0.3) is 5.69 Å². The van der Waals surface area contributed by atoms with Gasteiger partial charge in [-0.3, -0.25) is 14.9 Å². The minimum atomic E-state index is -3.55. The van der Waals surface area contributed by atoms with E-state index < -0.39 is 20.9 Å². The molecule has 10 nitrogen and oxygen atoms in total. The van der Waals surface area contributed by atoms with Crippen LogP contribution in [0.2, 0.25) is 0 Å². The Morgan fingerprint density at radius 3 is 2.28 bits per heavy atom. The first kappa shape index (κ1) is 21.7. The maximum atomic E-state index is 12.8. The van der Waals surface area contributed by atoms with Crippen LogP contribution in [-0.2, 0) is 10.0 Å². The second kappa shape index (κ2) is 8.52. The molecule has 32 heavy (non-hydrogen) atoms. The quantitative estimate of drug-likeness (QED) is 0.449. The zero-order valence-corrected chi connectivity index (χ0v) is 18.1. The Morgan fingerprint density at radius 1 is 1.06 bits per heavy atom. The third kappa shape index (κ3) is 4.25. The number of carbonyl (C=O) groups is 1. The number of non-ortho nitro benzene ring substituents is 1. The summed E-state index contributed by atoms with van der Waals surface area (Å²) in [6.07, 6.45) is 1.70. The molecule has 166 valence electrons. The van der Waals surface area contributed by atoms with Gasteiger partial charge in [-0.2, -0.15) is 9.40 Å². The van der Waals surface area contributed by atoms with Gasteiger partial charge >= 0.3 is 0 Å². The molecule has 1 saturated heterocycles. The summed E-state index contributed by atoms with van der Waals surface area (Å²) in [6.45, 7) is 2.78. The lowest BCUT2D eigenvalue weighted by Gasteiger charge is -2.15. The molecule has 0 spiro atoms. The number of aryl methyl sites for hydroxylation is 1. The molecule has 0 saturated carbocycles. The number of hydrogen-bond acceptors (Lipinski definition) is 6. The van der Waals surface area contributed by atoms with Crippen LogP contribution in [0, 0.1) is 17.0 Å². The van der Waals surface area contributed by atoms with Gasteiger partial charge in [-0.1, -0.05) is 0 Å². The van der Waals surface area contributed by atoms with Gasteiger partial charge in [0.1, 0.15) is 5.82 Å². The molecule has 0 bridgehead atoms. The van der Waals surface area contributed by atoms with E-state index in [-0.39, 0.29) is 10.6 Å². The summed E-state index contributed by atoms with van der Waals surface area (Å²) in [7, 11) is -3.55. The zero-order chi connectivity index (χ0) is 22.9. The second-order valence-corrected chi connectivity index (χ2v) is 9.38. The third-order valence-corrected chi connectivity index (χ3v) is 7.11. The number of benzene rings is 2. The Bertz CT molecular complexity index is 1260. The van der Waals surface area contributed by atoms with Crippen molar-refractivity contribution in [2.75, 3.05) is 18.4 Å². The summed E-state index contributed by atoms with van der Waals surface area (Å²) in [4.78, 5) is 23.3. The average molecular weight is 455 g/mol. The maximum absolute atomic E-state index is 12.8. The summed E-state index contributed by atoms with van der Waals surface area (Å²) in [5, 5.41) is 18.0. The van der Waals surface area contributed by atoms with Crippen molar-refractivity contribution in [3.63, 3.8) is 0 Å². The topological polar surface area (TPSA) is 127 Å². The van der Waals surface area contributed by atoms with Crippen molar-refractivity contribution in [1.82, 2.24) is 14.1 Å². The van der Waals surface area contributed by atoms with Gasteiger partial charge in [-0.25, -0.2) is 13.1 Å². The SMILES string of the molecule is Cc1cc(NC(=O)c2ccc(S(=O)(=O)N3CCCC3)cc2)n(-c2ccc([N+](=O)[O-])cc2)n1. The minimum absolute atomic E-state index is 0.0489. The Labute approximate surface area is 184 Å². The molecule has 1 N–H and O–H groups in total. The summed E-state index contributed by atoms with van der Waals surface area (Å²) in [6, 6.07) is 13.3. The van der Waals surface area contributed by atoms with E-state index in [1.54, 1.807) is 13.0 Å². The zero-order valence-electron chi connectivity index (χ0n) is 17.3. The maximum Gasteiger partial charge on any atom is 0.269 e. The highest BCUT2D eigenvalue weighted by Crippen LogP contribution is 2.23. The molecule has 1 aliphatic rings. The highest BCUT2D eigenvalue weighted by Gasteiger charge is 2.27. The fraction of sp³-hybridized carbons (Fsp3) is 0.238. The Morgan fingerprint density at radius 2 is 1.69 bits per heavy atom. The lowest BCUT2D eigenvalue weighted by atomic mass is 10.2.